The van der Waals surface area contributed by atoms with E-state index in [1.54, 1.807) is 0 Å². The molecule has 0 aliphatic rings. The number of nitro groups is 1. The maximum absolute atomic E-state index is 13.5. The minimum Gasteiger partial charge on any atom is -0.279 e. The van der Waals surface area contributed by atoms with E-state index >= 15 is 0 Å². The van der Waals surface area contributed by atoms with Gasteiger partial charge in [0.05, 0.1) is 10.6 Å². The molecule has 0 atom stereocenters. The van der Waals surface area contributed by atoms with Crippen LogP contribution in [0.1, 0.15) is 0 Å². The molecule has 2 rings (SSSR count). The molecule has 0 heterocycles. The van der Waals surface area contributed by atoms with E-state index in [1.807, 2.05) is 4.72 Å². The molecule has 110 valence electrons. The predicted molar refractivity (Wildman–Crippen MR) is 70.3 cm³/mol. The first-order valence-corrected chi connectivity index (χ1v) is 7.01. The van der Waals surface area contributed by atoms with Crippen molar-refractivity contribution >= 4 is 21.4 Å². The summed E-state index contributed by atoms with van der Waals surface area (Å²) in [6.45, 7) is 0. The molecule has 0 spiro atoms. The summed E-state index contributed by atoms with van der Waals surface area (Å²) in [5.74, 6) is -2.17. The number of nitrogens with one attached hydrogen (secondary N) is 1. The normalized spacial score (nSPS) is 11.1. The molecule has 21 heavy (non-hydrogen) atoms. The molecular formula is C12H8F2N2O4S. The van der Waals surface area contributed by atoms with Crippen LogP contribution in [0.25, 0.3) is 0 Å². The maximum atomic E-state index is 13.5. The summed E-state index contributed by atoms with van der Waals surface area (Å²) in [4.78, 5) is 8.91. The summed E-state index contributed by atoms with van der Waals surface area (Å²) >= 11 is 0. The summed E-state index contributed by atoms with van der Waals surface area (Å²) in [6.07, 6.45) is 0. The highest BCUT2D eigenvalue weighted by Gasteiger charge is 2.20. The van der Waals surface area contributed by atoms with Crippen molar-refractivity contribution in [3.05, 3.63) is 64.2 Å². The quantitative estimate of drug-likeness (QED) is 0.694. The second-order valence-corrected chi connectivity index (χ2v) is 5.61. The number of sulfonamides is 1. The van der Waals surface area contributed by atoms with E-state index in [-0.39, 0.29) is 5.69 Å². The van der Waals surface area contributed by atoms with Crippen molar-refractivity contribution in [2.24, 2.45) is 0 Å². The van der Waals surface area contributed by atoms with E-state index in [1.165, 1.54) is 12.1 Å². The molecule has 0 bridgehead atoms. The Morgan fingerprint density at radius 3 is 2.29 bits per heavy atom. The monoisotopic (exact) mass is 314 g/mol. The van der Waals surface area contributed by atoms with Gasteiger partial charge >= 0.3 is 5.69 Å². The average Bonchev–Trinajstić information content (AvgIpc) is 2.38. The fraction of sp³-hybridized carbons (Fsp3) is 0. The third-order valence-corrected chi connectivity index (χ3v) is 3.94. The standard InChI is InChI=1S/C12H8F2N2O4S/c13-9-3-1-2-4-12(9)21(19,20)15-8-5-6-11(16(17)18)10(14)7-8/h1-7,15H. The van der Waals surface area contributed by atoms with Crippen molar-refractivity contribution in [1.82, 2.24) is 0 Å². The van der Waals surface area contributed by atoms with Gasteiger partial charge in [-0.25, -0.2) is 12.8 Å². The van der Waals surface area contributed by atoms with Gasteiger partial charge in [0.1, 0.15) is 10.7 Å². The van der Waals surface area contributed by atoms with Gasteiger partial charge in [0.15, 0.2) is 0 Å². The Morgan fingerprint density at radius 2 is 1.71 bits per heavy atom. The number of hydrogen-bond acceptors (Lipinski definition) is 4. The molecule has 0 aliphatic heterocycles. The number of rotatable bonds is 4. The zero-order valence-corrected chi connectivity index (χ0v) is 11.1. The molecule has 0 aliphatic carbocycles. The third kappa shape index (κ3) is 3.14. The second kappa shape index (κ2) is 5.44. The summed E-state index contributed by atoms with van der Waals surface area (Å²) in [5, 5.41) is 10.5. The van der Waals surface area contributed by atoms with Crippen molar-refractivity contribution < 1.29 is 22.1 Å². The van der Waals surface area contributed by atoms with Gasteiger partial charge in [-0.3, -0.25) is 14.8 Å². The Morgan fingerprint density at radius 1 is 1.05 bits per heavy atom. The average molecular weight is 314 g/mol. The Kier molecular flexibility index (Phi) is 3.85. The highest BCUT2D eigenvalue weighted by atomic mass is 32.2. The lowest BCUT2D eigenvalue weighted by Gasteiger charge is -2.08. The molecule has 2 aromatic carbocycles. The molecule has 1 N–H and O–H groups in total. The van der Waals surface area contributed by atoms with Gasteiger partial charge in [0, 0.05) is 12.1 Å². The fourth-order valence-electron chi connectivity index (χ4n) is 1.59. The van der Waals surface area contributed by atoms with Crippen LogP contribution in [0, 0.1) is 21.7 Å². The Hall–Kier alpha value is -2.55. The number of benzene rings is 2. The van der Waals surface area contributed by atoms with E-state index < -0.39 is 37.2 Å². The molecule has 2 aromatic rings. The minimum absolute atomic E-state index is 0.249. The summed E-state index contributed by atoms with van der Waals surface area (Å²) < 4.78 is 52.7. The van der Waals surface area contributed by atoms with Crippen molar-refractivity contribution in [1.29, 1.82) is 0 Å². The lowest BCUT2D eigenvalue weighted by molar-refractivity contribution is -0.387. The first kappa shape index (κ1) is 14.9. The van der Waals surface area contributed by atoms with E-state index in [0.29, 0.717) is 6.07 Å². The Labute approximate surface area is 118 Å². The van der Waals surface area contributed by atoms with Crippen LogP contribution < -0.4 is 4.72 Å². The number of nitro benzene ring substituents is 1. The van der Waals surface area contributed by atoms with Crippen molar-refractivity contribution in [2.75, 3.05) is 4.72 Å². The lowest BCUT2D eigenvalue weighted by atomic mass is 10.3. The van der Waals surface area contributed by atoms with Crippen molar-refractivity contribution in [3.63, 3.8) is 0 Å². The predicted octanol–water partition coefficient (Wildman–Crippen LogP) is 2.67. The molecule has 9 heteroatoms. The van der Waals surface area contributed by atoms with Gasteiger partial charge in [-0.15, -0.1) is 0 Å². The highest BCUT2D eigenvalue weighted by Crippen LogP contribution is 2.23. The van der Waals surface area contributed by atoms with Gasteiger partial charge in [-0.1, -0.05) is 12.1 Å². The van der Waals surface area contributed by atoms with Crippen LogP contribution in [0.15, 0.2) is 47.4 Å². The maximum Gasteiger partial charge on any atom is 0.304 e. The zero-order chi connectivity index (χ0) is 15.6. The molecular weight excluding hydrogens is 306 g/mol. The summed E-state index contributed by atoms with van der Waals surface area (Å²) in [5.41, 5.74) is -1.04. The zero-order valence-electron chi connectivity index (χ0n) is 10.3. The van der Waals surface area contributed by atoms with E-state index in [4.69, 9.17) is 0 Å². The van der Waals surface area contributed by atoms with Gasteiger partial charge in [-0.2, -0.15) is 4.39 Å². The van der Waals surface area contributed by atoms with Crippen LogP contribution in [-0.2, 0) is 10.0 Å². The molecule has 6 nitrogen and oxygen atoms in total. The Balaban J connectivity index is 2.36. The van der Waals surface area contributed by atoms with Crippen LogP contribution in [0.3, 0.4) is 0 Å². The van der Waals surface area contributed by atoms with Crippen molar-refractivity contribution in [3.8, 4) is 0 Å². The Bertz CT molecular complexity index is 809. The van der Waals surface area contributed by atoms with Gasteiger partial charge < -0.3 is 0 Å². The molecule has 0 saturated heterocycles. The first-order valence-electron chi connectivity index (χ1n) is 5.52. The SMILES string of the molecule is O=[N+]([O-])c1ccc(NS(=O)(=O)c2ccccc2F)cc1F. The topological polar surface area (TPSA) is 89.3 Å². The number of halogens is 2. The van der Waals surface area contributed by atoms with E-state index in [0.717, 1.165) is 24.3 Å². The van der Waals surface area contributed by atoms with E-state index in [2.05, 4.69) is 0 Å². The summed E-state index contributed by atoms with van der Waals surface area (Å²) in [6, 6.07) is 7.13. The fourth-order valence-corrected chi connectivity index (χ4v) is 2.72. The first-order chi connectivity index (χ1) is 9.81. The highest BCUT2D eigenvalue weighted by molar-refractivity contribution is 7.92. The molecule has 0 radical (unpaired) electrons. The minimum atomic E-state index is -4.26. The van der Waals surface area contributed by atoms with E-state index in [9.17, 15) is 27.3 Å². The van der Waals surface area contributed by atoms with Crippen LogP contribution in [-0.4, -0.2) is 13.3 Å². The van der Waals surface area contributed by atoms with Gasteiger partial charge in [-0.05, 0) is 18.2 Å². The van der Waals surface area contributed by atoms with Crippen LogP contribution in [0.4, 0.5) is 20.2 Å². The lowest BCUT2D eigenvalue weighted by Crippen LogP contribution is -2.14. The summed E-state index contributed by atoms with van der Waals surface area (Å²) in [7, 11) is -4.26. The molecule has 0 amide bonds. The van der Waals surface area contributed by atoms with Crippen molar-refractivity contribution in [2.45, 2.75) is 4.90 Å². The molecule has 0 saturated carbocycles. The third-order valence-electron chi connectivity index (χ3n) is 2.52. The van der Waals surface area contributed by atoms with Gasteiger partial charge in [0.25, 0.3) is 10.0 Å². The second-order valence-electron chi connectivity index (χ2n) is 3.96. The molecule has 0 unspecified atom stereocenters. The number of anilines is 1. The van der Waals surface area contributed by atoms with Gasteiger partial charge in [0.2, 0.25) is 5.82 Å². The number of nitrogens with zero attached hydrogens (tertiary/aromatic N) is 1. The molecule has 0 aromatic heterocycles. The van der Waals surface area contributed by atoms with Crippen LogP contribution >= 0.6 is 0 Å². The largest absolute Gasteiger partial charge is 0.304 e. The number of hydrogen-bond donors (Lipinski definition) is 1. The molecule has 0 fully saturated rings. The smallest absolute Gasteiger partial charge is 0.279 e. The van der Waals surface area contributed by atoms with Crippen LogP contribution in [0.5, 0.6) is 0 Å². The van der Waals surface area contributed by atoms with Crippen LogP contribution in [0.2, 0.25) is 0 Å².